The lowest BCUT2D eigenvalue weighted by atomic mass is 10.0. The number of nitrogens with zero attached hydrogens (tertiary/aromatic N) is 1. The van der Waals surface area contributed by atoms with Crippen molar-refractivity contribution in [2.24, 2.45) is 5.92 Å². The van der Waals surface area contributed by atoms with E-state index >= 15 is 0 Å². The lowest BCUT2D eigenvalue weighted by molar-refractivity contribution is -0.139. The summed E-state index contributed by atoms with van der Waals surface area (Å²) in [6.07, 6.45) is 0.452. The van der Waals surface area contributed by atoms with Crippen LogP contribution in [0.25, 0.3) is 0 Å². The SMILES string of the molecule is Cc1ccccc1CN(C(=O)CSc1ccc(Cl)cc1)[C@@H](Cc1ccccc1)C(=O)NCC(C)C. The van der Waals surface area contributed by atoms with Gasteiger partial charge in [-0.3, -0.25) is 9.59 Å². The zero-order valence-electron chi connectivity index (χ0n) is 20.5. The highest BCUT2D eigenvalue weighted by molar-refractivity contribution is 8.00. The Hall–Kier alpha value is -2.76. The monoisotopic (exact) mass is 508 g/mol. The van der Waals surface area contributed by atoms with Crippen molar-refractivity contribution in [2.75, 3.05) is 12.3 Å². The molecule has 0 heterocycles. The van der Waals surface area contributed by atoms with Crippen LogP contribution in [0.1, 0.15) is 30.5 Å². The molecule has 6 heteroatoms. The fourth-order valence-electron chi connectivity index (χ4n) is 3.71. The zero-order valence-corrected chi connectivity index (χ0v) is 22.1. The molecule has 0 unspecified atom stereocenters. The van der Waals surface area contributed by atoms with Gasteiger partial charge in [-0.15, -0.1) is 11.8 Å². The van der Waals surface area contributed by atoms with Crippen LogP contribution in [0, 0.1) is 12.8 Å². The van der Waals surface area contributed by atoms with Gasteiger partial charge in [0.15, 0.2) is 0 Å². The van der Waals surface area contributed by atoms with E-state index in [1.54, 1.807) is 4.90 Å². The summed E-state index contributed by atoms with van der Waals surface area (Å²) in [5.41, 5.74) is 3.15. The Balaban J connectivity index is 1.90. The van der Waals surface area contributed by atoms with Gasteiger partial charge in [-0.1, -0.05) is 80.0 Å². The van der Waals surface area contributed by atoms with Crippen molar-refractivity contribution in [3.05, 3.63) is 101 Å². The third-order valence-corrected chi connectivity index (χ3v) is 6.98. The van der Waals surface area contributed by atoms with Crippen LogP contribution >= 0.6 is 23.4 Å². The summed E-state index contributed by atoms with van der Waals surface area (Å²) in [4.78, 5) is 29.8. The highest BCUT2D eigenvalue weighted by Gasteiger charge is 2.30. The number of hydrogen-bond donors (Lipinski definition) is 1. The van der Waals surface area contributed by atoms with E-state index in [1.165, 1.54) is 11.8 Å². The molecule has 0 aromatic heterocycles. The minimum Gasteiger partial charge on any atom is -0.354 e. The second kappa shape index (κ2) is 13.4. The van der Waals surface area contributed by atoms with Crippen molar-refractivity contribution in [3.63, 3.8) is 0 Å². The van der Waals surface area contributed by atoms with E-state index in [0.717, 1.165) is 21.6 Å². The quantitative estimate of drug-likeness (QED) is 0.316. The normalized spacial score (nSPS) is 11.8. The lowest BCUT2D eigenvalue weighted by Gasteiger charge is -2.32. The van der Waals surface area contributed by atoms with E-state index in [1.807, 2.05) is 85.8 Å². The molecule has 35 heavy (non-hydrogen) atoms. The number of aryl methyl sites for hydroxylation is 1. The van der Waals surface area contributed by atoms with Gasteiger partial charge in [-0.05, 0) is 53.8 Å². The second-order valence-corrected chi connectivity index (χ2v) is 10.5. The molecule has 3 rings (SSSR count). The number of halogens is 1. The Morgan fingerprint density at radius 2 is 1.60 bits per heavy atom. The van der Waals surface area contributed by atoms with Crippen molar-refractivity contribution in [1.29, 1.82) is 0 Å². The van der Waals surface area contributed by atoms with E-state index in [0.29, 0.717) is 30.5 Å². The van der Waals surface area contributed by atoms with Crippen LogP contribution in [0.4, 0.5) is 0 Å². The van der Waals surface area contributed by atoms with Crippen molar-refractivity contribution < 1.29 is 9.59 Å². The average Bonchev–Trinajstić information content (AvgIpc) is 2.85. The third kappa shape index (κ3) is 8.44. The van der Waals surface area contributed by atoms with Crippen molar-refractivity contribution in [2.45, 2.75) is 44.7 Å². The number of benzene rings is 3. The Kier molecular flexibility index (Phi) is 10.2. The molecule has 184 valence electrons. The smallest absolute Gasteiger partial charge is 0.243 e. The van der Waals surface area contributed by atoms with E-state index < -0.39 is 6.04 Å². The maximum absolute atomic E-state index is 13.7. The van der Waals surface area contributed by atoms with Crippen LogP contribution in [0.2, 0.25) is 5.02 Å². The summed E-state index contributed by atoms with van der Waals surface area (Å²) in [5, 5.41) is 3.72. The molecule has 3 aromatic carbocycles. The van der Waals surface area contributed by atoms with Crippen LogP contribution in [-0.2, 0) is 22.6 Å². The predicted molar refractivity (Wildman–Crippen MR) is 146 cm³/mol. The van der Waals surface area contributed by atoms with Gasteiger partial charge in [0.2, 0.25) is 11.8 Å². The molecule has 0 bridgehead atoms. The molecule has 0 radical (unpaired) electrons. The maximum atomic E-state index is 13.7. The molecule has 0 saturated carbocycles. The molecule has 0 fully saturated rings. The summed E-state index contributed by atoms with van der Waals surface area (Å²) >= 11 is 7.46. The van der Waals surface area contributed by atoms with Gasteiger partial charge in [-0.2, -0.15) is 0 Å². The number of carbonyl (C=O) groups excluding carboxylic acids is 2. The molecule has 3 aromatic rings. The van der Waals surface area contributed by atoms with Gasteiger partial charge in [0.05, 0.1) is 5.75 Å². The van der Waals surface area contributed by atoms with Gasteiger partial charge in [0.25, 0.3) is 0 Å². The first-order valence-electron chi connectivity index (χ1n) is 11.9. The molecule has 1 atom stereocenters. The van der Waals surface area contributed by atoms with E-state index in [2.05, 4.69) is 19.2 Å². The van der Waals surface area contributed by atoms with Crippen LogP contribution in [0.3, 0.4) is 0 Å². The van der Waals surface area contributed by atoms with Crippen molar-refractivity contribution in [3.8, 4) is 0 Å². The fourth-order valence-corrected chi connectivity index (χ4v) is 4.62. The molecule has 0 spiro atoms. The number of nitrogens with one attached hydrogen (secondary N) is 1. The lowest BCUT2D eigenvalue weighted by Crippen LogP contribution is -2.51. The van der Waals surface area contributed by atoms with Crippen molar-refractivity contribution in [1.82, 2.24) is 10.2 Å². The number of rotatable bonds is 11. The van der Waals surface area contributed by atoms with Crippen LogP contribution in [0.15, 0.2) is 83.8 Å². The van der Waals surface area contributed by atoms with E-state index in [9.17, 15) is 9.59 Å². The first-order valence-corrected chi connectivity index (χ1v) is 13.2. The third-order valence-electron chi connectivity index (χ3n) is 5.73. The molecular weight excluding hydrogens is 476 g/mol. The summed E-state index contributed by atoms with van der Waals surface area (Å²) in [6.45, 7) is 7.10. The predicted octanol–water partition coefficient (Wildman–Crippen LogP) is 6.15. The Morgan fingerprint density at radius 1 is 0.943 bits per heavy atom. The second-order valence-electron chi connectivity index (χ2n) is 9.04. The minimum absolute atomic E-state index is 0.0752. The van der Waals surface area contributed by atoms with Gasteiger partial charge >= 0.3 is 0 Å². The Labute approximate surface area is 218 Å². The van der Waals surface area contributed by atoms with Crippen LogP contribution in [-0.4, -0.2) is 35.1 Å². The zero-order chi connectivity index (χ0) is 25.2. The van der Waals surface area contributed by atoms with Gasteiger partial charge in [0, 0.05) is 29.4 Å². The Morgan fingerprint density at radius 3 is 2.26 bits per heavy atom. The summed E-state index contributed by atoms with van der Waals surface area (Å²) in [6, 6.07) is 24.7. The highest BCUT2D eigenvalue weighted by atomic mass is 35.5. The largest absolute Gasteiger partial charge is 0.354 e. The first kappa shape index (κ1) is 26.8. The highest BCUT2D eigenvalue weighted by Crippen LogP contribution is 2.23. The molecule has 1 N–H and O–H groups in total. The number of hydrogen-bond acceptors (Lipinski definition) is 3. The van der Waals surface area contributed by atoms with E-state index in [4.69, 9.17) is 11.6 Å². The van der Waals surface area contributed by atoms with Crippen LogP contribution in [0.5, 0.6) is 0 Å². The molecule has 0 aliphatic heterocycles. The average molecular weight is 509 g/mol. The molecule has 0 saturated heterocycles. The first-order chi connectivity index (χ1) is 16.8. The summed E-state index contributed by atoms with van der Waals surface area (Å²) < 4.78 is 0. The number of amides is 2. The number of carbonyl (C=O) groups is 2. The standard InChI is InChI=1S/C29H33ClN2O2S/c1-21(2)18-31-29(34)27(17-23-10-5-4-6-11-23)32(19-24-12-8-7-9-22(24)3)28(33)20-35-26-15-13-25(30)14-16-26/h4-16,21,27H,17-20H2,1-3H3,(H,31,34)/t27-/m0/s1. The molecule has 4 nitrogen and oxygen atoms in total. The van der Waals surface area contributed by atoms with Crippen molar-refractivity contribution >= 4 is 35.2 Å². The van der Waals surface area contributed by atoms with Gasteiger partial charge < -0.3 is 10.2 Å². The molecule has 0 aliphatic rings. The number of thioether (sulfide) groups is 1. The molecular formula is C29H33ClN2O2S. The fraction of sp³-hybridized carbons (Fsp3) is 0.310. The topological polar surface area (TPSA) is 49.4 Å². The maximum Gasteiger partial charge on any atom is 0.243 e. The molecule has 2 amide bonds. The van der Waals surface area contributed by atoms with Gasteiger partial charge in [0.1, 0.15) is 6.04 Å². The summed E-state index contributed by atoms with van der Waals surface area (Å²) in [5.74, 6) is 0.350. The van der Waals surface area contributed by atoms with Crippen LogP contribution < -0.4 is 5.32 Å². The minimum atomic E-state index is -0.617. The molecule has 0 aliphatic carbocycles. The summed E-state index contributed by atoms with van der Waals surface area (Å²) in [7, 11) is 0. The van der Waals surface area contributed by atoms with E-state index in [-0.39, 0.29) is 17.6 Å². The van der Waals surface area contributed by atoms with Gasteiger partial charge in [-0.25, -0.2) is 0 Å². The Bertz CT molecular complexity index is 1100.